The molecule has 0 aliphatic heterocycles. The van der Waals surface area contributed by atoms with Gasteiger partial charge >= 0.3 is 12.4 Å². The van der Waals surface area contributed by atoms with Gasteiger partial charge in [-0.1, -0.05) is 0 Å². The van der Waals surface area contributed by atoms with Crippen LogP contribution in [-0.2, 0) is 28.7 Å². The zero-order valence-electron chi connectivity index (χ0n) is 6.52. The van der Waals surface area contributed by atoms with Gasteiger partial charge in [0.25, 0.3) is 0 Å². The first-order valence-corrected chi connectivity index (χ1v) is 3.23. The van der Waals surface area contributed by atoms with E-state index in [-0.39, 0.29) is 12.8 Å². The summed E-state index contributed by atoms with van der Waals surface area (Å²) in [5.74, 6) is -2.72. The number of ether oxygens (including phenoxy) is 1. The van der Waals surface area contributed by atoms with E-state index in [1.165, 1.54) is 0 Å². The number of rotatable bonds is 6. The lowest BCUT2D eigenvalue weighted by Gasteiger charge is -1.94. The van der Waals surface area contributed by atoms with Crippen LogP contribution < -0.4 is 0 Å². The van der Waals surface area contributed by atoms with E-state index < -0.39 is 30.4 Å². The Bertz CT molecular complexity index is 254. The summed E-state index contributed by atoms with van der Waals surface area (Å²) in [6.45, 7) is -0.114. The molecular formula is C7H6O6. The van der Waals surface area contributed by atoms with E-state index in [0.29, 0.717) is 0 Å². The van der Waals surface area contributed by atoms with Gasteiger partial charge in [-0.15, -0.1) is 0 Å². The smallest absolute Gasteiger partial charge is 0.320 e. The molecule has 0 atom stereocenters. The first-order valence-electron chi connectivity index (χ1n) is 3.23. The van der Waals surface area contributed by atoms with Gasteiger partial charge in [-0.2, -0.15) is 0 Å². The first-order chi connectivity index (χ1) is 6.10. The molecule has 70 valence electrons. The van der Waals surface area contributed by atoms with Gasteiger partial charge in [0, 0.05) is 0 Å². The number of hydrogen-bond donors (Lipinski definition) is 0. The van der Waals surface area contributed by atoms with Crippen molar-refractivity contribution in [3.05, 3.63) is 0 Å². The summed E-state index contributed by atoms with van der Waals surface area (Å²) in [7, 11) is 0. The summed E-state index contributed by atoms with van der Waals surface area (Å²) in [5.41, 5.74) is 0. The predicted molar refractivity (Wildman–Crippen MR) is 37.5 cm³/mol. The van der Waals surface area contributed by atoms with Gasteiger partial charge in [0.2, 0.25) is 5.78 Å². The molecule has 0 aliphatic rings. The van der Waals surface area contributed by atoms with Crippen LogP contribution >= 0.6 is 0 Å². The Morgan fingerprint density at radius 1 is 1.08 bits per heavy atom. The second-order valence-corrected chi connectivity index (χ2v) is 2.06. The number of ketones is 2. The van der Waals surface area contributed by atoms with Crippen molar-refractivity contribution in [3.63, 3.8) is 0 Å². The molecule has 0 bridgehead atoms. The Morgan fingerprint density at radius 3 is 2.15 bits per heavy atom. The van der Waals surface area contributed by atoms with Gasteiger partial charge in [-0.25, -0.2) is 0 Å². The SMILES string of the molecule is O=COC(=O)CC(=O)CC(=O)C=O. The lowest BCUT2D eigenvalue weighted by Crippen LogP contribution is -2.14. The maximum absolute atomic E-state index is 10.7. The van der Waals surface area contributed by atoms with Gasteiger partial charge in [-0.05, 0) is 0 Å². The summed E-state index contributed by atoms with van der Waals surface area (Å²) in [6.07, 6.45) is -1.33. The van der Waals surface area contributed by atoms with Crippen LogP contribution in [0.25, 0.3) is 0 Å². The summed E-state index contributed by atoms with van der Waals surface area (Å²) < 4.78 is 3.79. The Hall–Kier alpha value is -1.85. The topological polar surface area (TPSA) is 94.6 Å². The maximum Gasteiger partial charge on any atom is 0.320 e. The van der Waals surface area contributed by atoms with Gasteiger partial charge in [0.1, 0.15) is 6.42 Å². The normalized spacial score (nSPS) is 8.62. The maximum atomic E-state index is 10.7. The number of Topliss-reactive ketones (excluding diaryl/α,β-unsaturated/α-hetero) is 2. The number of carbonyl (C=O) groups is 5. The van der Waals surface area contributed by atoms with Crippen LogP contribution in [0.3, 0.4) is 0 Å². The van der Waals surface area contributed by atoms with E-state index in [9.17, 15) is 24.0 Å². The molecule has 0 heterocycles. The fourth-order valence-electron chi connectivity index (χ4n) is 0.555. The second-order valence-electron chi connectivity index (χ2n) is 2.06. The van der Waals surface area contributed by atoms with Crippen molar-refractivity contribution in [2.45, 2.75) is 12.8 Å². The molecule has 0 spiro atoms. The molecule has 0 N–H and O–H groups in total. The molecule has 13 heavy (non-hydrogen) atoms. The van der Waals surface area contributed by atoms with Crippen molar-refractivity contribution >= 4 is 30.3 Å². The second kappa shape index (κ2) is 5.76. The van der Waals surface area contributed by atoms with Crippen LogP contribution in [0.2, 0.25) is 0 Å². The summed E-state index contributed by atoms with van der Waals surface area (Å²) in [4.78, 5) is 50.9. The Kier molecular flexibility index (Phi) is 4.94. The number of esters is 1. The van der Waals surface area contributed by atoms with E-state index in [4.69, 9.17) is 0 Å². The molecule has 0 aliphatic carbocycles. The van der Waals surface area contributed by atoms with Crippen LogP contribution in [0, 0.1) is 0 Å². The van der Waals surface area contributed by atoms with Crippen molar-refractivity contribution in [3.8, 4) is 0 Å². The molecule has 0 unspecified atom stereocenters. The first kappa shape index (κ1) is 11.2. The fraction of sp³-hybridized carbons (Fsp3) is 0.286. The highest BCUT2D eigenvalue weighted by atomic mass is 16.6. The van der Waals surface area contributed by atoms with E-state index in [1.54, 1.807) is 0 Å². The van der Waals surface area contributed by atoms with Crippen molar-refractivity contribution in [1.29, 1.82) is 0 Å². The highest BCUT2D eigenvalue weighted by molar-refractivity contribution is 6.30. The fourth-order valence-corrected chi connectivity index (χ4v) is 0.555. The molecule has 0 radical (unpaired) electrons. The lowest BCUT2D eigenvalue weighted by molar-refractivity contribution is -0.152. The Morgan fingerprint density at radius 2 is 1.69 bits per heavy atom. The number of carbonyl (C=O) groups excluding carboxylic acids is 5. The summed E-state index contributed by atoms with van der Waals surface area (Å²) >= 11 is 0. The van der Waals surface area contributed by atoms with E-state index in [0.717, 1.165) is 0 Å². The minimum Gasteiger partial charge on any atom is -0.395 e. The molecule has 0 saturated carbocycles. The molecule has 0 aromatic carbocycles. The third kappa shape index (κ3) is 5.42. The van der Waals surface area contributed by atoms with Gasteiger partial charge < -0.3 is 4.74 Å². The molecule has 0 fully saturated rings. The Labute approximate surface area is 72.9 Å². The van der Waals surface area contributed by atoms with Crippen LogP contribution in [0.15, 0.2) is 0 Å². The minimum atomic E-state index is -1.04. The molecule has 0 amide bonds. The molecule has 6 heteroatoms. The minimum absolute atomic E-state index is 0.0110. The van der Waals surface area contributed by atoms with E-state index in [1.807, 2.05) is 0 Å². The van der Waals surface area contributed by atoms with E-state index in [2.05, 4.69) is 4.74 Å². The quantitative estimate of drug-likeness (QED) is 0.224. The average Bonchev–Trinajstić information content (AvgIpc) is 2.04. The zero-order valence-corrected chi connectivity index (χ0v) is 6.52. The molecule has 0 aromatic heterocycles. The van der Waals surface area contributed by atoms with Gasteiger partial charge in [-0.3, -0.25) is 24.0 Å². The average molecular weight is 186 g/mol. The highest BCUT2D eigenvalue weighted by Crippen LogP contribution is 1.92. The van der Waals surface area contributed by atoms with Gasteiger partial charge in [0.15, 0.2) is 12.1 Å². The molecule has 6 nitrogen and oxygen atoms in total. The predicted octanol–water partition coefficient (Wildman–Crippen LogP) is -1.20. The van der Waals surface area contributed by atoms with Crippen LogP contribution in [0.5, 0.6) is 0 Å². The Balaban J connectivity index is 3.87. The van der Waals surface area contributed by atoms with Crippen molar-refractivity contribution < 1.29 is 28.7 Å². The van der Waals surface area contributed by atoms with Crippen molar-refractivity contribution in [1.82, 2.24) is 0 Å². The van der Waals surface area contributed by atoms with Crippen LogP contribution in [0.4, 0.5) is 0 Å². The molecule has 0 saturated heterocycles. The molecular weight excluding hydrogens is 180 g/mol. The number of hydrogen-bond acceptors (Lipinski definition) is 6. The highest BCUT2D eigenvalue weighted by Gasteiger charge is 2.13. The monoisotopic (exact) mass is 186 g/mol. The number of aldehydes is 1. The zero-order chi connectivity index (χ0) is 10.3. The third-order valence-electron chi connectivity index (χ3n) is 1.02. The third-order valence-corrected chi connectivity index (χ3v) is 1.02. The van der Waals surface area contributed by atoms with Gasteiger partial charge in [0.05, 0.1) is 6.42 Å². The van der Waals surface area contributed by atoms with E-state index >= 15 is 0 Å². The van der Waals surface area contributed by atoms with Crippen LogP contribution in [0.1, 0.15) is 12.8 Å². The van der Waals surface area contributed by atoms with Crippen molar-refractivity contribution in [2.24, 2.45) is 0 Å². The van der Waals surface area contributed by atoms with Crippen LogP contribution in [-0.4, -0.2) is 30.3 Å². The standard InChI is InChI=1S/C7H6O6/c8-3-6(11)1-5(10)2-7(12)13-4-9/h3-4H,1-2H2. The molecule has 0 aromatic rings. The summed E-state index contributed by atoms with van der Waals surface area (Å²) in [5, 5.41) is 0. The van der Waals surface area contributed by atoms with Crippen molar-refractivity contribution in [2.75, 3.05) is 0 Å². The largest absolute Gasteiger partial charge is 0.395 e. The lowest BCUT2D eigenvalue weighted by atomic mass is 10.2. The molecule has 0 rings (SSSR count). The summed E-state index contributed by atoms with van der Waals surface area (Å²) in [6, 6.07) is 0.